The summed E-state index contributed by atoms with van der Waals surface area (Å²) < 4.78 is 4.71. The summed E-state index contributed by atoms with van der Waals surface area (Å²) in [4.78, 5) is 23.8. The van der Waals surface area contributed by atoms with Crippen molar-refractivity contribution in [1.82, 2.24) is 5.32 Å². The summed E-state index contributed by atoms with van der Waals surface area (Å²) in [7, 11) is 1.31. The first-order valence-electron chi connectivity index (χ1n) is 6.55. The molecule has 0 heterocycles. The fourth-order valence-corrected chi connectivity index (χ4v) is 2.02. The smallest absolute Gasteiger partial charge is 0.328 e. The van der Waals surface area contributed by atoms with Crippen LogP contribution in [0.5, 0.6) is 0 Å². The maximum atomic E-state index is 12.2. The molecule has 0 saturated carbocycles. The van der Waals surface area contributed by atoms with E-state index >= 15 is 0 Å². The third-order valence-electron chi connectivity index (χ3n) is 2.93. The van der Waals surface area contributed by atoms with Gasteiger partial charge in [-0.2, -0.15) is 0 Å². The fourth-order valence-electron chi connectivity index (χ4n) is 2.02. The second kappa shape index (κ2) is 7.48. The van der Waals surface area contributed by atoms with Crippen LogP contribution in [0.1, 0.15) is 34.3 Å². The molecule has 0 aliphatic rings. The summed E-state index contributed by atoms with van der Waals surface area (Å²) in [6.07, 6.45) is 2.82. The van der Waals surface area contributed by atoms with Crippen LogP contribution in [0.3, 0.4) is 0 Å². The number of ether oxygens (including phenoxy) is 1. The Morgan fingerprint density at radius 2 is 1.90 bits per heavy atom. The van der Waals surface area contributed by atoms with Crippen molar-refractivity contribution in [2.45, 2.75) is 32.7 Å². The molecule has 1 aromatic carbocycles. The van der Waals surface area contributed by atoms with Crippen molar-refractivity contribution in [2.75, 3.05) is 7.11 Å². The molecule has 1 amide bonds. The number of benzene rings is 1. The number of carbonyl (C=O) groups excluding carboxylic acids is 2. The summed E-state index contributed by atoms with van der Waals surface area (Å²) in [5.74, 6) is -0.708. The van der Waals surface area contributed by atoms with Crippen molar-refractivity contribution in [3.8, 4) is 0 Å². The zero-order valence-corrected chi connectivity index (χ0v) is 12.2. The Labute approximate surface area is 119 Å². The first-order chi connectivity index (χ1) is 9.47. The number of nitrogens with one attached hydrogen (secondary N) is 1. The van der Waals surface area contributed by atoms with Crippen molar-refractivity contribution >= 4 is 11.9 Å². The first kappa shape index (κ1) is 16.0. The van der Waals surface area contributed by atoms with Gasteiger partial charge in [0.2, 0.25) is 0 Å². The summed E-state index contributed by atoms with van der Waals surface area (Å²) in [5.41, 5.74) is 2.57. The lowest BCUT2D eigenvalue weighted by molar-refractivity contribution is -0.143. The molecule has 1 aromatic rings. The summed E-state index contributed by atoms with van der Waals surface area (Å²) in [6, 6.07) is 4.94. The van der Waals surface area contributed by atoms with E-state index in [1.54, 1.807) is 18.2 Å². The second-order valence-corrected chi connectivity index (χ2v) is 4.79. The van der Waals surface area contributed by atoms with Crippen LogP contribution in [0.15, 0.2) is 30.9 Å². The Balaban J connectivity index is 2.83. The van der Waals surface area contributed by atoms with Gasteiger partial charge in [0.25, 0.3) is 5.91 Å². The Morgan fingerprint density at radius 3 is 2.40 bits per heavy atom. The third kappa shape index (κ3) is 4.53. The van der Waals surface area contributed by atoms with E-state index in [0.717, 1.165) is 11.1 Å². The predicted molar refractivity (Wildman–Crippen MR) is 78.6 cm³/mol. The molecule has 0 unspecified atom stereocenters. The first-order valence-corrected chi connectivity index (χ1v) is 6.55. The topological polar surface area (TPSA) is 55.4 Å². The predicted octanol–water partition coefficient (Wildman–Crippen LogP) is 2.54. The standard InChI is InChI=1S/C16H21NO3/c1-5-6-7-14(16(19)20-4)17-15(18)13-9-11(2)8-12(3)10-13/h5,8-10,14H,1,6-7H2,2-4H3,(H,17,18)/t14-/m0/s1. The third-order valence-corrected chi connectivity index (χ3v) is 2.93. The van der Waals surface area contributed by atoms with Gasteiger partial charge in [-0.25, -0.2) is 4.79 Å². The van der Waals surface area contributed by atoms with Gasteiger partial charge in [0.15, 0.2) is 0 Å². The number of hydrogen-bond donors (Lipinski definition) is 1. The van der Waals surface area contributed by atoms with Crippen molar-refractivity contribution in [2.24, 2.45) is 0 Å². The Bertz CT molecular complexity index is 488. The fraction of sp³-hybridized carbons (Fsp3) is 0.375. The highest BCUT2D eigenvalue weighted by Gasteiger charge is 2.21. The van der Waals surface area contributed by atoms with Crippen LogP contribution in [0.2, 0.25) is 0 Å². The number of aryl methyl sites for hydroxylation is 2. The van der Waals surface area contributed by atoms with Gasteiger partial charge in [0.1, 0.15) is 6.04 Å². The molecule has 1 N–H and O–H groups in total. The monoisotopic (exact) mass is 275 g/mol. The van der Waals surface area contributed by atoms with Gasteiger partial charge in [-0.15, -0.1) is 6.58 Å². The molecule has 1 atom stereocenters. The Kier molecular flexibility index (Phi) is 5.97. The van der Waals surface area contributed by atoms with Crippen LogP contribution in [-0.2, 0) is 9.53 Å². The molecule has 20 heavy (non-hydrogen) atoms. The maximum Gasteiger partial charge on any atom is 0.328 e. The lowest BCUT2D eigenvalue weighted by atomic mass is 10.1. The largest absolute Gasteiger partial charge is 0.467 e. The molecule has 0 spiro atoms. The van der Waals surface area contributed by atoms with Crippen molar-refractivity contribution in [3.63, 3.8) is 0 Å². The molecule has 0 aliphatic heterocycles. The highest BCUT2D eigenvalue weighted by atomic mass is 16.5. The van der Waals surface area contributed by atoms with Crippen molar-refractivity contribution in [3.05, 3.63) is 47.5 Å². The van der Waals surface area contributed by atoms with E-state index in [-0.39, 0.29) is 5.91 Å². The zero-order chi connectivity index (χ0) is 15.1. The number of rotatable bonds is 6. The lowest BCUT2D eigenvalue weighted by Crippen LogP contribution is -2.41. The molecule has 0 saturated heterocycles. The molecule has 1 rings (SSSR count). The quantitative estimate of drug-likeness (QED) is 0.641. The van der Waals surface area contributed by atoms with Crippen molar-refractivity contribution in [1.29, 1.82) is 0 Å². The Hall–Kier alpha value is -2.10. The van der Waals surface area contributed by atoms with Crippen LogP contribution >= 0.6 is 0 Å². The van der Waals surface area contributed by atoms with E-state index < -0.39 is 12.0 Å². The summed E-state index contributed by atoms with van der Waals surface area (Å²) >= 11 is 0. The highest BCUT2D eigenvalue weighted by molar-refractivity contribution is 5.97. The molecule has 4 heteroatoms. The molecular formula is C16H21NO3. The number of methoxy groups -OCH3 is 1. The van der Waals surface area contributed by atoms with E-state index in [1.807, 2.05) is 19.9 Å². The number of allylic oxidation sites excluding steroid dienone is 1. The van der Waals surface area contributed by atoms with Gasteiger partial charge in [-0.05, 0) is 38.8 Å². The average molecular weight is 275 g/mol. The number of amides is 1. The van der Waals surface area contributed by atoms with Crippen molar-refractivity contribution < 1.29 is 14.3 Å². The molecule has 0 aromatic heterocycles. The van der Waals surface area contributed by atoms with Gasteiger partial charge in [-0.3, -0.25) is 4.79 Å². The molecule has 0 bridgehead atoms. The number of carbonyl (C=O) groups is 2. The minimum Gasteiger partial charge on any atom is -0.467 e. The molecule has 4 nitrogen and oxygen atoms in total. The maximum absolute atomic E-state index is 12.2. The van der Waals surface area contributed by atoms with Crippen LogP contribution < -0.4 is 5.32 Å². The number of esters is 1. The lowest BCUT2D eigenvalue weighted by Gasteiger charge is -2.16. The van der Waals surface area contributed by atoms with Gasteiger partial charge >= 0.3 is 5.97 Å². The van der Waals surface area contributed by atoms with Gasteiger partial charge in [0, 0.05) is 5.56 Å². The van der Waals surface area contributed by atoms with Gasteiger partial charge in [-0.1, -0.05) is 23.3 Å². The van der Waals surface area contributed by atoms with E-state index in [4.69, 9.17) is 4.74 Å². The number of hydrogen-bond acceptors (Lipinski definition) is 3. The normalized spacial score (nSPS) is 11.6. The zero-order valence-electron chi connectivity index (χ0n) is 12.2. The Morgan fingerprint density at radius 1 is 1.30 bits per heavy atom. The van der Waals surface area contributed by atoms with Gasteiger partial charge < -0.3 is 10.1 Å². The van der Waals surface area contributed by atoms with Crippen LogP contribution in [-0.4, -0.2) is 25.0 Å². The van der Waals surface area contributed by atoms with E-state index in [2.05, 4.69) is 11.9 Å². The SMILES string of the molecule is C=CCC[C@H](NC(=O)c1cc(C)cc(C)c1)C(=O)OC. The molecule has 108 valence electrons. The minimum absolute atomic E-state index is 0.267. The van der Waals surface area contributed by atoms with E-state index in [9.17, 15) is 9.59 Å². The van der Waals surface area contributed by atoms with Crippen LogP contribution in [0.4, 0.5) is 0 Å². The molecule has 0 radical (unpaired) electrons. The average Bonchev–Trinajstić information content (AvgIpc) is 2.41. The van der Waals surface area contributed by atoms with Crippen LogP contribution in [0, 0.1) is 13.8 Å². The molecular weight excluding hydrogens is 254 g/mol. The minimum atomic E-state index is -0.647. The summed E-state index contributed by atoms with van der Waals surface area (Å²) in [5, 5.41) is 2.71. The van der Waals surface area contributed by atoms with E-state index in [1.165, 1.54) is 7.11 Å². The van der Waals surface area contributed by atoms with Gasteiger partial charge in [0.05, 0.1) is 7.11 Å². The van der Waals surface area contributed by atoms with E-state index in [0.29, 0.717) is 18.4 Å². The molecule has 0 fully saturated rings. The summed E-state index contributed by atoms with van der Waals surface area (Å²) in [6.45, 7) is 7.47. The molecule has 0 aliphatic carbocycles. The second-order valence-electron chi connectivity index (χ2n) is 4.79. The highest BCUT2D eigenvalue weighted by Crippen LogP contribution is 2.10. The van der Waals surface area contributed by atoms with Crippen LogP contribution in [0.25, 0.3) is 0 Å².